The molecule has 3 rings (SSSR count). The summed E-state index contributed by atoms with van der Waals surface area (Å²) in [5, 5.41) is 5.54. The van der Waals surface area contributed by atoms with Gasteiger partial charge in [-0.15, -0.1) is 11.3 Å². The van der Waals surface area contributed by atoms with Crippen LogP contribution in [0.1, 0.15) is 36.7 Å². The molecule has 0 bridgehead atoms. The Hall–Kier alpha value is -2.99. The number of rotatable bonds is 8. The molecule has 0 saturated carbocycles. The third-order valence-electron chi connectivity index (χ3n) is 4.53. The molecule has 5 nitrogen and oxygen atoms in total. The van der Waals surface area contributed by atoms with E-state index in [1.165, 1.54) is 16.9 Å². The number of carbonyl (C=O) groups is 2. The largest absolute Gasteiger partial charge is 0.455 e. The molecule has 1 amide bonds. The van der Waals surface area contributed by atoms with Gasteiger partial charge >= 0.3 is 5.97 Å². The Labute approximate surface area is 174 Å². The van der Waals surface area contributed by atoms with Gasteiger partial charge < -0.3 is 10.1 Å². The van der Waals surface area contributed by atoms with Gasteiger partial charge in [-0.2, -0.15) is 0 Å². The van der Waals surface area contributed by atoms with E-state index in [0.717, 1.165) is 22.6 Å². The van der Waals surface area contributed by atoms with Crippen LogP contribution in [0.4, 0.5) is 0 Å². The number of carbonyl (C=O) groups excluding carboxylic acids is 2. The molecule has 1 atom stereocenters. The Kier molecular flexibility index (Phi) is 7.14. The topological polar surface area (TPSA) is 68.3 Å². The molecule has 0 fully saturated rings. The van der Waals surface area contributed by atoms with Crippen molar-refractivity contribution in [2.24, 2.45) is 0 Å². The van der Waals surface area contributed by atoms with E-state index in [0.29, 0.717) is 5.69 Å². The zero-order chi connectivity index (χ0) is 20.6. The van der Waals surface area contributed by atoms with E-state index in [2.05, 4.69) is 29.4 Å². The highest BCUT2D eigenvalue weighted by Crippen LogP contribution is 2.24. The lowest BCUT2D eigenvalue weighted by Gasteiger charge is -2.14. The fourth-order valence-corrected chi connectivity index (χ4v) is 3.68. The van der Waals surface area contributed by atoms with E-state index in [4.69, 9.17) is 4.74 Å². The van der Waals surface area contributed by atoms with E-state index < -0.39 is 5.97 Å². The molecule has 1 aromatic heterocycles. The number of aromatic nitrogens is 1. The van der Waals surface area contributed by atoms with Crippen LogP contribution in [0.2, 0.25) is 0 Å². The van der Waals surface area contributed by atoms with Crippen LogP contribution in [0.5, 0.6) is 0 Å². The number of hydrogen-bond acceptors (Lipinski definition) is 5. The van der Waals surface area contributed by atoms with E-state index >= 15 is 0 Å². The third kappa shape index (κ3) is 5.99. The van der Waals surface area contributed by atoms with Crippen molar-refractivity contribution >= 4 is 23.2 Å². The summed E-state index contributed by atoms with van der Waals surface area (Å²) in [5.74, 6) is -0.796. The minimum Gasteiger partial charge on any atom is -0.455 e. The first-order valence-electron chi connectivity index (χ1n) is 9.58. The van der Waals surface area contributed by atoms with Gasteiger partial charge in [0.15, 0.2) is 6.61 Å². The Balaban J connectivity index is 1.47. The fraction of sp³-hybridized carbons (Fsp3) is 0.261. The second-order valence-corrected chi connectivity index (χ2v) is 7.59. The summed E-state index contributed by atoms with van der Waals surface area (Å²) in [7, 11) is 0. The van der Waals surface area contributed by atoms with Crippen LogP contribution in [0.15, 0.2) is 60.0 Å². The van der Waals surface area contributed by atoms with Gasteiger partial charge in [-0.1, -0.05) is 61.5 Å². The van der Waals surface area contributed by atoms with Crippen LogP contribution in [-0.4, -0.2) is 23.5 Å². The Morgan fingerprint density at radius 3 is 2.52 bits per heavy atom. The predicted octanol–water partition coefficient (Wildman–Crippen LogP) is 4.34. The highest BCUT2D eigenvalue weighted by atomic mass is 32.1. The summed E-state index contributed by atoms with van der Waals surface area (Å²) >= 11 is 1.49. The number of ether oxygens (including phenoxy) is 1. The number of aryl methyl sites for hydroxylation is 1. The number of amides is 1. The lowest BCUT2D eigenvalue weighted by atomic mass is 10.1. The van der Waals surface area contributed by atoms with Crippen LogP contribution in [0, 0.1) is 0 Å². The molecule has 1 heterocycles. The van der Waals surface area contributed by atoms with E-state index in [1.807, 2.05) is 54.8 Å². The molecule has 0 unspecified atom stereocenters. The van der Waals surface area contributed by atoms with Crippen molar-refractivity contribution in [3.8, 4) is 10.6 Å². The smallest absolute Gasteiger partial charge is 0.312 e. The maximum Gasteiger partial charge on any atom is 0.312 e. The summed E-state index contributed by atoms with van der Waals surface area (Å²) in [5.41, 5.74) is 3.94. The molecule has 0 spiro atoms. The number of thiazole rings is 1. The van der Waals surface area contributed by atoms with Crippen molar-refractivity contribution in [3.05, 3.63) is 76.8 Å². The highest BCUT2D eigenvalue weighted by Gasteiger charge is 2.14. The summed E-state index contributed by atoms with van der Waals surface area (Å²) in [6.45, 7) is 3.70. The first-order chi connectivity index (χ1) is 14.0. The normalized spacial score (nSPS) is 11.7. The van der Waals surface area contributed by atoms with Gasteiger partial charge in [-0.3, -0.25) is 9.59 Å². The molecule has 0 aliphatic rings. The maximum atomic E-state index is 12.1. The van der Waals surface area contributed by atoms with Crippen molar-refractivity contribution < 1.29 is 14.3 Å². The average molecular weight is 409 g/mol. The lowest BCUT2D eigenvalue weighted by molar-refractivity contribution is -0.148. The van der Waals surface area contributed by atoms with E-state index in [1.54, 1.807) is 0 Å². The monoisotopic (exact) mass is 408 g/mol. The van der Waals surface area contributed by atoms with Gasteiger partial charge in [0.25, 0.3) is 5.91 Å². The number of esters is 1. The molecule has 6 heteroatoms. The van der Waals surface area contributed by atoms with Gasteiger partial charge in [-0.25, -0.2) is 4.98 Å². The highest BCUT2D eigenvalue weighted by molar-refractivity contribution is 7.13. The molecule has 29 heavy (non-hydrogen) atoms. The Morgan fingerprint density at radius 2 is 1.83 bits per heavy atom. The molecule has 150 valence electrons. The van der Waals surface area contributed by atoms with Crippen LogP contribution in [-0.2, 0) is 27.2 Å². The number of nitrogens with zero attached hydrogens (tertiary/aromatic N) is 1. The van der Waals surface area contributed by atoms with Crippen LogP contribution >= 0.6 is 11.3 Å². The number of hydrogen-bond donors (Lipinski definition) is 1. The molecule has 0 aliphatic carbocycles. The van der Waals surface area contributed by atoms with E-state index in [9.17, 15) is 9.59 Å². The second-order valence-electron chi connectivity index (χ2n) is 6.73. The van der Waals surface area contributed by atoms with Gasteiger partial charge in [0.1, 0.15) is 5.01 Å². The van der Waals surface area contributed by atoms with Gasteiger partial charge in [0.05, 0.1) is 18.2 Å². The summed E-state index contributed by atoms with van der Waals surface area (Å²) in [6.07, 6.45) is 1.04. The zero-order valence-corrected chi connectivity index (χ0v) is 17.4. The van der Waals surface area contributed by atoms with Gasteiger partial charge in [-0.05, 0) is 24.5 Å². The summed E-state index contributed by atoms with van der Waals surface area (Å²) in [4.78, 5) is 28.6. The Bertz CT molecular complexity index is 952. The first kappa shape index (κ1) is 20.7. The zero-order valence-electron chi connectivity index (χ0n) is 16.6. The quantitative estimate of drug-likeness (QED) is 0.563. The molecular formula is C23H24N2O3S. The molecule has 0 radical (unpaired) electrons. The minimum absolute atomic E-state index is 0.0467. The van der Waals surface area contributed by atoms with Crippen LogP contribution in [0.25, 0.3) is 10.6 Å². The predicted molar refractivity (Wildman–Crippen MR) is 115 cm³/mol. The van der Waals surface area contributed by atoms with Crippen molar-refractivity contribution in [2.75, 3.05) is 6.61 Å². The standard InChI is InChI=1S/C23H24N2O3S/c1-3-17-9-11-19(12-10-17)23-25-20(15-29-23)13-22(27)28-14-21(26)24-16(2)18-7-5-4-6-8-18/h4-12,15-16H,3,13-14H2,1-2H3,(H,24,26)/t16-/m0/s1. The van der Waals surface area contributed by atoms with Crippen molar-refractivity contribution in [3.63, 3.8) is 0 Å². The van der Waals surface area contributed by atoms with Crippen LogP contribution < -0.4 is 5.32 Å². The fourth-order valence-electron chi connectivity index (χ4n) is 2.86. The molecule has 1 N–H and O–H groups in total. The van der Waals surface area contributed by atoms with Gasteiger partial charge in [0.2, 0.25) is 0 Å². The minimum atomic E-state index is -0.467. The SMILES string of the molecule is CCc1ccc(-c2nc(CC(=O)OCC(=O)N[C@@H](C)c3ccccc3)cs2)cc1. The summed E-state index contributed by atoms with van der Waals surface area (Å²) in [6, 6.07) is 17.7. The number of benzene rings is 2. The first-order valence-corrected chi connectivity index (χ1v) is 10.5. The molecule has 0 saturated heterocycles. The molecule has 3 aromatic rings. The van der Waals surface area contributed by atoms with Gasteiger partial charge in [0, 0.05) is 10.9 Å². The third-order valence-corrected chi connectivity index (χ3v) is 5.47. The van der Waals surface area contributed by atoms with Crippen molar-refractivity contribution in [2.45, 2.75) is 32.7 Å². The molecule has 0 aliphatic heterocycles. The molecular weight excluding hydrogens is 384 g/mol. The second kappa shape index (κ2) is 9.98. The lowest BCUT2D eigenvalue weighted by Crippen LogP contribution is -2.31. The number of nitrogens with one attached hydrogen (secondary N) is 1. The van der Waals surface area contributed by atoms with Crippen molar-refractivity contribution in [1.82, 2.24) is 10.3 Å². The summed E-state index contributed by atoms with van der Waals surface area (Å²) < 4.78 is 5.10. The molecule has 2 aromatic carbocycles. The van der Waals surface area contributed by atoms with Crippen molar-refractivity contribution in [1.29, 1.82) is 0 Å². The van der Waals surface area contributed by atoms with E-state index in [-0.39, 0.29) is 25.0 Å². The Morgan fingerprint density at radius 1 is 1.10 bits per heavy atom. The maximum absolute atomic E-state index is 12.1. The van der Waals surface area contributed by atoms with Crippen LogP contribution in [0.3, 0.4) is 0 Å². The average Bonchev–Trinajstić information content (AvgIpc) is 3.21.